The fraction of sp³-hybridized carbons (Fsp3) is 0.579. The predicted octanol–water partition coefficient (Wildman–Crippen LogP) is 6.98. The Morgan fingerprint density at radius 2 is 1.36 bits per heavy atom. The summed E-state index contributed by atoms with van der Waals surface area (Å²) in [5.74, 6) is -1.87. The van der Waals surface area contributed by atoms with Crippen molar-refractivity contribution < 1.29 is 28.7 Å². The highest BCUT2D eigenvalue weighted by Gasteiger charge is 2.45. The van der Waals surface area contributed by atoms with Crippen molar-refractivity contribution >= 4 is 23.9 Å². The fourth-order valence-corrected chi connectivity index (χ4v) is 5.18. The number of esters is 1. The number of rotatable bonds is 12. The zero-order valence-electron chi connectivity index (χ0n) is 30.7. The first-order valence-corrected chi connectivity index (χ1v) is 16.5. The molecule has 0 fully saturated rings. The molecule has 0 spiro atoms. The molecule has 0 aliphatic heterocycles. The van der Waals surface area contributed by atoms with Crippen molar-refractivity contribution in [3.63, 3.8) is 0 Å². The Kier molecular flexibility index (Phi) is 13.2. The normalized spacial score (nSPS) is 14.1. The first-order valence-electron chi connectivity index (χ1n) is 16.5. The van der Waals surface area contributed by atoms with E-state index in [0.29, 0.717) is 12.0 Å². The van der Waals surface area contributed by atoms with Gasteiger partial charge >= 0.3 is 12.1 Å². The lowest BCUT2D eigenvalue weighted by Gasteiger charge is -2.45. The van der Waals surface area contributed by atoms with Crippen LogP contribution in [0.1, 0.15) is 111 Å². The highest BCUT2D eigenvalue weighted by molar-refractivity contribution is 5.94. The number of hydrogen-bond acceptors (Lipinski definition) is 6. The zero-order chi connectivity index (χ0) is 35.9. The minimum atomic E-state index is -1.14. The molecule has 9 heteroatoms. The van der Waals surface area contributed by atoms with Gasteiger partial charge in [-0.3, -0.25) is 9.59 Å². The van der Waals surface area contributed by atoms with E-state index in [1.807, 2.05) is 97.0 Å². The van der Waals surface area contributed by atoms with Gasteiger partial charge in [-0.05, 0) is 104 Å². The molecular formula is C38H57N3O6. The van der Waals surface area contributed by atoms with E-state index in [4.69, 9.17) is 9.47 Å². The Hall–Kier alpha value is -3.88. The first kappa shape index (κ1) is 39.3. The van der Waals surface area contributed by atoms with Gasteiger partial charge in [0.1, 0.15) is 29.3 Å². The summed E-state index contributed by atoms with van der Waals surface area (Å²) in [4.78, 5) is 57.7. The zero-order valence-corrected chi connectivity index (χ0v) is 30.7. The summed E-state index contributed by atoms with van der Waals surface area (Å²) < 4.78 is 11.3. The molecule has 9 nitrogen and oxygen atoms in total. The lowest BCUT2D eigenvalue weighted by molar-refractivity contribution is -0.159. The summed E-state index contributed by atoms with van der Waals surface area (Å²) in [6, 6.07) is 11.9. The van der Waals surface area contributed by atoms with Crippen LogP contribution in [0.5, 0.6) is 0 Å². The van der Waals surface area contributed by atoms with Crippen LogP contribution in [0.4, 0.5) is 4.79 Å². The van der Waals surface area contributed by atoms with E-state index in [9.17, 15) is 19.2 Å². The van der Waals surface area contributed by atoms with Gasteiger partial charge in [-0.2, -0.15) is 0 Å². The summed E-state index contributed by atoms with van der Waals surface area (Å²) in [7, 11) is 0. The fourth-order valence-electron chi connectivity index (χ4n) is 5.18. The van der Waals surface area contributed by atoms with Crippen molar-refractivity contribution in [2.75, 3.05) is 0 Å². The molecular weight excluding hydrogens is 594 g/mol. The molecule has 0 saturated heterocycles. The molecule has 3 atom stereocenters. The molecule has 3 amide bonds. The Labute approximate surface area is 282 Å². The van der Waals surface area contributed by atoms with Gasteiger partial charge in [-0.15, -0.1) is 0 Å². The highest BCUT2D eigenvalue weighted by atomic mass is 16.6. The van der Waals surface area contributed by atoms with Gasteiger partial charge in [0.2, 0.25) is 11.8 Å². The average molecular weight is 652 g/mol. The van der Waals surface area contributed by atoms with Crippen LogP contribution >= 0.6 is 0 Å². The summed E-state index contributed by atoms with van der Waals surface area (Å²) in [5, 5.41) is 5.77. The van der Waals surface area contributed by atoms with Crippen molar-refractivity contribution in [3.05, 3.63) is 70.8 Å². The van der Waals surface area contributed by atoms with E-state index in [1.54, 1.807) is 46.4 Å². The second kappa shape index (κ2) is 15.8. The van der Waals surface area contributed by atoms with E-state index in [1.165, 1.54) is 0 Å². The van der Waals surface area contributed by atoms with E-state index < -0.39 is 58.7 Å². The van der Waals surface area contributed by atoms with Crippen molar-refractivity contribution in [3.8, 4) is 0 Å². The molecule has 260 valence electrons. The minimum absolute atomic E-state index is 0.195. The number of ether oxygens (including phenoxy) is 2. The number of aryl methyl sites for hydroxylation is 1. The third-order valence-corrected chi connectivity index (χ3v) is 8.10. The smallest absolute Gasteiger partial charge is 0.408 e. The number of nitrogens with one attached hydrogen (secondary N) is 2. The quantitative estimate of drug-likeness (QED) is 0.240. The van der Waals surface area contributed by atoms with E-state index in [-0.39, 0.29) is 12.3 Å². The molecule has 0 saturated carbocycles. The lowest BCUT2D eigenvalue weighted by Crippen LogP contribution is -2.61. The van der Waals surface area contributed by atoms with Gasteiger partial charge in [0, 0.05) is 12.0 Å². The number of carbonyl (C=O) groups excluding carboxylic acids is 4. The Morgan fingerprint density at radius 3 is 1.87 bits per heavy atom. The Morgan fingerprint density at radius 1 is 0.787 bits per heavy atom. The van der Waals surface area contributed by atoms with Crippen molar-refractivity contribution in [1.82, 2.24) is 15.5 Å². The molecule has 0 aliphatic carbocycles. The highest BCUT2D eigenvalue weighted by Crippen LogP contribution is 2.35. The second-order valence-corrected chi connectivity index (χ2v) is 15.2. The van der Waals surface area contributed by atoms with E-state index in [2.05, 4.69) is 10.6 Å². The van der Waals surface area contributed by atoms with Crippen LogP contribution in [-0.2, 0) is 30.3 Å². The number of amides is 3. The lowest BCUT2D eigenvalue weighted by atomic mass is 9.88. The maximum atomic E-state index is 14.8. The first-order chi connectivity index (χ1) is 21.6. The number of benzene rings is 2. The van der Waals surface area contributed by atoms with E-state index >= 15 is 0 Å². The maximum Gasteiger partial charge on any atom is 0.408 e. The largest absolute Gasteiger partial charge is 0.458 e. The summed E-state index contributed by atoms with van der Waals surface area (Å²) in [6.07, 6.45) is -0.0233. The molecule has 0 aliphatic rings. The monoisotopic (exact) mass is 651 g/mol. The molecule has 3 unspecified atom stereocenters. The second-order valence-electron chi connectivity index (χ2n) is 15.2. The summed E-state index contributed by atoms with van der Waals surface area (Å²) in [5.41, 5.74) is 0.854. The third-order valence-electron chi connectivity index (χ3n) is 8.10. The van der Waals surface area contributed by atoms with Crippen LogP contribution in [0.2, 0.25) is 0 Å². The Balaban J connectivity index is 2.75. The van der Waals surface area contributed by atoms with Gasteiger partial charge < -0.3 is 25.0 Å². The Bertz CT molecular complexity index is 1390. The maximum absolute atomic E-state index is 14.8. The molecule has 0 heterocycles. The molecule has 0 bridgehead atoms. The topological polar surface area (TPSA) is 114 Å². The number of carbonyl (C=O) groups is 4. The standard InChI is InChI=1S/C38H57N3O6/c1-14-38(12,13)41(33(43)30(24(2)3)40-35(45)47-37(9,10)11)31(28-22-18-19-25(4)26(28)5)32(42)39-29(34(44)46-36(6,7)8)23-27-20-16-15-17-21-27/h15-22,24,29-31H,14,23H2,1-13H3,(H,39,42)(H,40,45). The van der Waals surface area contributed by atoms with Crippen LogP contribution in [0.15, 0.2) is 48.5 Å². The molecule has 2 aromatic rings. The van der Waals surface area contributed by atoms with Crippen LogP contribution in [0.25, 0.3) is 0 Å². The summed E-state index contributed by atoms with van der Waals surface area (Å²) >= 11 is 0. The SMILES string of the molecule is CCC(C)(C)N(C(=O)C(NC(=O)OC(C)(C)C)C(C)C)C(C(=O)NC(Cc1ccccc1)C(=O)OC(C)(C)C)c1cccc(C)c1C. The van der Waals surface area contributed by atoms with Crippen LogP contribution in [0, 0.1) is 19.8 Å². The average Bonchev–Trinajstić information content (AvgIpc) is 2.94. The predicted molar refractivity (Wildman–Crippen MR) is 186 cm³/mol. The van der Waals surface area contributed by atoms with Crippen molar-refractivity contribution in [2.24, 2.45) is 5.92 Å². The molecule has 0 aromatic heterocycles. The minimum Gasteiger partial charge on any atom is -0.458 e. The van der Waals surface area contributed by atoms with Crippen LogP contribution in [-0.4, -0.2) is 57.6 Å². The van der Waals surface area contributed by atoms with Gasteiger partial charge in [0.05, 0.1) is 0 Å². The molecule has 47 heavy (non-hydrogen) atoms. The van der Waals surface area contributed by atoms with E-state index in [0.717, 1.165) is 16.7 Å². The van der Waals surface area contributed by atoms with Gasteiger partial charge in [0.25, 0.3) is 0 Å². The molecule has 2 N–H and O–H groups in total. The van der Waals surface area contributed by atoms with Crippen molar-refractivity contribution in [1.29, 1.82) is 0 Å². The third kappa shape index (κ3) is 11.4. The number of hydrogen-bond donors (Lipinski definition) is 2. The molecule has 2 aromatic carbocycles. The van der Waals surface area contributed by atoms with Gasteiger partial charge in [0.15, 0.2) is 0 Å². The molecule has 2 rings (SSSR count). The van der Waals surface area contributed by atoms with Crippen molar-refractivity contribution in [2.45, 2.75) is 138 Å². The van der Waals surface area contributed by atoms with Gasteiger partial charge in [-0.1, -0.05) is 69.3 Å². The number of alkyl carbamates (subject to hydrolysis) is 1. The van der Waals surface area contributed by atoms with Gasteiger partial charge in [-0.25, -0.2) is 9.59 Å². The van der Waals surface area contributed by atoms with Crippen LogP contribution in [0.3, 0.4) is 0 Å². The summed E-state index contributed by atoms with van der Waals surface area (Å²) in [6.45, 7) is 23.9. The molecule has 0 radical (unpaired) electrons. The number of nitrogens with zero attached hydrogens (tertiary/aromatic N) is 1. The van der Waals surface area contributed by atoms with Crippen LogP contribution < -0.4 is 10.6 Å².